The molecule has 4 aromatic rings. The van der Waals surface area contributed by atoms with Crippen molar-refractivity contribution >= 4 is 50.7 Å². The van der Waals surface area contributed by atoms with Crippen molar-refractivity contribution in [1.82, 2.24) is 10.2 Å². The Hall–Kier alpha value is -3.85. The number of carbonyl (C=O) groups excluding carboxylic acids is 2. The van der Waals surface area contributed by atoms with E-state index >= 15 is 0 Å². The lowest BCUT2D eigenvalue weighted by molar-refractivity contribution is -0.139. The predicted molar refractivity (Wildman–Crippen MR) is 177 cm³/mol. The van der Waals surface area contributed by atoms with E-state index < -0.39 is 34.4 Å². The summed E-state index contributed by atoms with van der Waals surface area (Å²) in [5.74, 6) is -0.962. The summed E-state index contributed by atoms with van der Waals surface area (Å²) in [4.78, 5) is 29.3. The van der Waals surface area contributed by atoms with Gasteiger partial charge in [-0.25, -0.2) is 8.42 Å². The second-order valence-corrected chi connectivity index (χ2v) is 13.1. The minimum atomic E-state index is -4.19. The van der Waals surface area contributed by atoms with Gasteiger partial charge < -0.3 is 10.2 Å². The van der Waals surface area contributed by atoms with Gasteiger partial charge >= 0.3 is 0 Å². The Labute approximate surface area is 269 Å². The Morgan fingerprint density at radius 2 is 1.52 bits per heavy atom. The van der Waals surface area contributed by atoms with Crippen LogP contribution in [0.2, 0.25) is 10.0 Å². The highest BCUT2D eigenvalue weighted by atomic mass is 35.5. The van der Waals surface area contributed by atoms with Crippen molar-refractivity contribution in [2.24, 2.45) is 0 Å². The van der Waals surface area contributed by atoms with Crippen molar-refractivity contribution in [2.45, 2.75) is 44.2 Å². The summed E-state index contributed by atoms with van der Waals surface area (Å²) >= 11 is 12.7. The SMILES string of the molecule is CCc1ccccc1N(CC(=O)N(Cc1ccc(Cl)cc1Cl)C(Cc1ccccc1)C(=O)NC)S(=O)(=O)c1ccc(C)cc1. The summed E-state index contributed by atoms with van der Waals surface area (Å²) in [7, 11) is -2.68. The van der Waals surface area contributed by atoms with Crippen LogP contribution in [-0.4, -0.2) is 44.8 Å². The van der Waals surface area contributed by atoms with Crippen LogP contribution in [0.4, 0.5) is 5.69 Å². The fourth-order valence-corrected chi connectivity index (χ4v) is 6.88. The van der Waals surface area contributed by atoms with E-state index in [0.29, 0.717) is 27.7 Å². The predicted octanol–water partition coefficient (Wildman–Crippen LogP) is 6.45. The molecule has 1 unspecified atom stereocenters. The highest BCUT2D eigenvalue weighted by molar-refractivity contribution is 7.92. The van der Waals surface area contributed by atoms with Gasteiger partial charge in [0.05, 0.1) is 10.6 Å². The van der Waals surface area contributed by atoms with Gasteiger partial charge in [-0.05, 0) is 60.4 Å². The molecule has 0 aliphatic carbocycles. The molecule has 0 heterocycles. The number of nitrogens with one attached hydrogen (secondary N) is 1. The Balaban J connectivity index is 1.83. The van der Waals surface area contributed by atoms with E-state index in [9.17, 15) is 18.0 Å². The molecule has 1 N–H and O–H groups in total. The minimum Gasteiger partial charge on any atom is -0.357 e. The van der Waals surface area contributed by atoms with Crippen LogP contribution in [0.1, 0.15) is 29.2 Å². The number of benzene rings is 4. The molecule has 0 radical (unpaired) electrons. The molecule has 10 heteroatoms. The van der Waals surface area contributed by atoms with Gasteiger partial charge in [-0.1, -0.05) is 102 Å². The van der Waals surface area contributed by atoms with Crippen molar-refractivity contribution in [2.75, 3.05) is 17.9 Å². The largest absolute Gasteiger partial charge is 0.357 e. The van der Waals surface area contributed by atoms with Crippen molar-refractivity contribution in [3.05, 3.63) is 129 Å². The van der Waals surface area contributed by atoms with Crippen molar-refractivity contribution in [3.8, 4) is 0 Å². The molecule has 1 atom stereocenters. The molecular weight excluding hydrogens is 617 g/mol. The third-order valence-electron chi connectivity index (χ3n) is 7.40. The van der Waals surface area contributed by atoms with Crippen LogP contribution < -0.4 is 9.62 Å². The van der Waals surface area contributed by atoms with Crippen LogP contribution >= 0.6 is 23.2 Å². The number of likely N-dealkylation sites (N-methyl/N-ethyl adjacent to an activating group) is 1. The van der Waals surface area contributed by atoms with Gasteiger partial charge in [0.25, 0.3) is 10.0 Å². The maximum atomic E-state index is 14.5. The van der Waals surface area contributed by atoms with Crippen LogP contribution in [0.25, 0.3) is 0 Å². The van der Waals surface area contributed by atoms with Crippen molar-refractivity contribution in [1.29, 1.82) is 0 Å². The standard InChI is InChI=1S/C34H35Cl2N3O4S/c1-4-26-12-8-9-13-31(26)39(44(42,43)29-18-14-24(2)15-19-29)23-33(40)38(22-27-16-17-28(35)21-30(27)36)32(34(41)37-3)20-25-10-6-5-7-11-25/h5-19,21,32H,4,20,22-23H2,1-3H3,(H,37,41). The fraction of sp³-hybridized carbons (Fsp3) is 0.235. The van der Waals surface area contributed by atoms with Gasteiger partial charge in [0.15, 0.2) is 0 Å². The molecule has 2 amide bonds. The first kappa shape index (κ1) is 33.1. The number of rotatable bonds is 12. The first-order valence-electron chi connectivity index (χ1n) is 14.2. The maximum Gasteiger partial charge on any atom is 0.264 e. The minimum absolute atomic E-state index is 0.0480. The second kappa shape index (κ2) is 14.8. The van der Waals surface area contributed by atoms with E-state index in [1.54, 1.807) is 42.5 Å². The molecule has 0 spiro atoms. The van der Waals surface area contributed by atoms with Gasteiger partial charge in [0, 0.05) is 30.1 Å². The quantitative estimate of drug-likeness (QED) is 0.191. The lowest BCUT2D eigenvalue weighted by Crippen LogP contribution is -2.53. The molecule has 0 aliphatic heterocycles. The van der Waals surface area contributed by atoms with Crippen LogP contribution in [0, 0.1) is 6.92 Å². The summed E-state index contributed by atoms with van der Waals surface area (Å²) in [6, 6.07) is 26.9. The van der Waals surface area contributed by atoms with E-state index in [4.69, 9.17) is 23.2 Å². The number of carbonyl (C=O) groups is 2. The molecule has 0 aliphatic rings. The smallest absolute Gasteiger partial charge is 0.264 e. The van der Waals surface area contributed by atoms with Gasteiger partial charge in [-0.2, -0.15) is 0 Å². The number of halogens is 2. The Morgan fingerprint density at radius 1 is 0.864 bits per heavy atom. The highest BCUT2D eigenvalue weighted by Gasteiger charge is 2.35. The van der Waals surface area contributed by atoms with Crippen LogP contribution in [0.5, 0.6) is 0 Å². The number of hydrogen-bond donors (Lipinski definition) is 1. The van der Waals surface area contributed by atoms with E-state index in [1.807, 2.05) is 56.3 Å². The molecule has 230 valence electrons. The molecule has 0 aromatic heterocycles. The topological polar surface area (TPSA) is 86.8 Å². The van der Waals surface area contributed by atoms with Crippen molar-refractivity contribution < 1.29 is 18.0 Å². The number of amides is 2. The molecular formula is C34H35Cl2N3O4S. The fourth-order valence-electron chi connectivity index (χ4n) is 4.96. The van der Waals surface area contributed by atoms with E-state index in [-0.39, 0.29) is 17.9 Å². The van der Waals surface area contributed by atoms with Gasteiger partial charge in [0.1, 0.15) is 12.6 Å². The summed E-state index contributed by atoms with van der Waals surface area (Å²) in [6.07, 6.45) is 0.747. The van der Waals surface area contributed by atoms with E-state index in [0.717, 1.165) is 21.0 Å². The van der Waals surface area contributed by atoms with E-state index in [1.165, 1.54) is 24.1 Å². The number of sulfonamides is 1. The number of aryl methyl sites for hydroxylation is 2. The maximum absolute atomic E-state index is 14.5. The second-order valence-electron chi connectivity index (χ2n) is 10.4. The zero-order valence-corrected chi connectivity index (χ0v) is 27.2. The summed E-state index contributed by atoms with van der Waals surface area (Å²) in [6.45, 7) is 3.21. The van der Waals surface area contributed by atoms with Crippen molar-refractivity contribution in [3.63, 3.8) is 0 Å². The zero-order valence-electron chi connectivity index (χ0n) is 24.8. The van der Waals surface area contributed by atoms with E-state index in [2.05, 4.69) is 5.32 Å². The highest BCUT2D eigenvalue weighted by Crippen LogP contribution is 2.29. The third kappa shape index (κ3) is 7.80. The number of anilines is 1. The van der Waals surface area contributed by atoms with Gasteiger partial charge in [-0.3, -0.25) is 13.9 Å². The summed E-state index contributed by atoms with van der Waals surface area (Å²) < 4.78 is 29.6. The Kier molecular flexibility index (Phi) is 11.1. The average molecular weight is 653 g/mol. The zero-order chi connectivity index (χ0) is 31.9. The van der Waals surface area contributed by atoms with Gasteiger partial charge in [0.2, 0.25) is 11.8 Å². The van der Waals surface area contributed by atoms with Crippen LogP contribution in [0.3, 0.4) is 0 Å². The summed E-state index contributed by atoms with van der Waals surface area (Å²) in [5, 5.41) is 3.43. The summed E-state index contributed by atoms with van der Waals surface area (Å²) in [5.41, 5.74) is 3.46. The molecule has 0 saturated carbocycles. The first-order chi connectivity index (χ1) is 21.0. The number of hydrogen-bond acceptors (Lipinski definition) is 4. The third-order valence-corrected chi connectivity index (χ3v) is 9.76. The molecule has 44 heavy (non-hydrogen) atoms. The number of nitrogens with zero attached hydrogens (tertiary/aromatic N) is 2. The molecule has 7 nitrogen and oxygen atoms in total. The molecule has 4 rings (SSSR count). The Morgan fingerprint density at radius 3 is 2.16 bits per heavy atom. The monoisotopic (exact) mass is 651 g/mol. The normalized spacial score (nSPS) is 11.9. The van der Waals surface area contributed by atoms with Crippen LogP contribution in [-0.2, 0) is 39.0 Å². The average Bonchev–Trinajstić information content (AvgIpc) is 3.02. The lowest BCUT2D eigenvalue weighted by atomic mass is 10.0. The number of para-hydroxylation sites is 1. The molecule has 0 saturated heterocycles. The molecule has 4 aromatic carbocycles. The van der Waals surface area contributed by atoms with Crippen LogP contribution in [0.15, 0.2) is 102 Å². The van der Waals surface area contributed by atoms with Gasteiger partial charge in [-0.15, -0.1) is 0 Å². The Bertz CT molecular complexity index is 1710. The molecule has 0 fully saturated rings. The lowest BCUT2D eigenvalue weighted by Gasteiger charge is -2.34. The molecule has 0 bridgehead atoms. The first-order valence-corrected chi connectivity index (χ1v) is 16.4.